The van der Waals surface area contributed by atoms with Crippen LogP contribution in [0.4, 0.5) is 0 Å². The molecule has 0 aromatic heterocycles. The zero-order valence-corrected chi connectivity index (χ0v) is 15.5. The number of benzene rings is 2. The van der Waals surface area contributed by atoms with Crippen molar-refractivity contribution in [3.8, 4) is 0 Å². The van der Waals surface area contributed by atoms with E-state index < -0.39 is 35.8 Å². The van der Waals surface area contributed by atoms with E-state index >= 15 is 0 Å². The van der Waals surface area contributed by atoms with E-state index in [1.54, 1.807) is 31.2 Å². The normalized spacial score (nSPS) is 13.3. The van der Waals surface area contributed by atoms with Gasteiger partial charge in [0.1, 0.15) is 5.25 Å². The molecule has 25 heavy (non-hydrogen) atoms. The lowest BCUT2D eigenvalue weighted by molar-refractivity contribution is 0.0983. The minimum atomic E-state index is -4.18. The Morgan fingerprint density at radius 1 is 0.880 bits per heavy atom. The number of carbonyl (C=O) groups is 1. The SMILES string of the molecule is CCCC(C(=O)c1ccccc1)S(=O)(=O)CS(=O)(=O)c1ccccc1. The fourth-order valence-corrected chi connectivity index (χ4v) is 7.08. The molecule has 134 valence electrons. The topological polar surface area (TPSA) is 85.3 Å². The molecule has 0 radical (unpaired) electrons. The molecular formula is C18H20O5S2. The summed E-state index contributed by atoms with van der Waals surface area (Å²) in [7, 11) is -8.21. The van der Waals surface area contributed by atoms with Gasteiger partial charge in [0.2, 0.25) is 0 Å². The first-order valence-corrected chi connectivity index (χ1v) is 11.2. The molecule has 0 saturated carbocycles. The molecule has 0 aliphatic rings. The predicted molar refractivity (Wildman–Crippen MR) is 96.9 cm³/mol. The number of rotatable bonds is 8. The molecule has 7 heteroatoms. The Labute approximate surface area is 148 Å². The summed E-state index contributed by atoms with van der Waals surface area (Å²) in [5.74, 6) is -0.564. The van der Waals surface area contributed by atoms with Crippen LogP contribution < -0.4 is 0 Å². The zero-order chi connectivity index (χ0) is 18.5. The second kappa shape index (κ2) is 7.93. The highest BCUT2D eigenvalue weighted by molar-refractivity contribution is 8.08. The van der Waals surface area contributed by atoms with Gasteiger partial charge in [0, 0.05) is 5.56 Å². The monoisotopic (exact) mass is 380 g/mol. The van der Waals surface area contributed by atoms with Gasteiger partial charge in [-0.1, -0.05) is 61.9 Å². The molecular weight excluding hydrogens is 360 g/mol. The van der Waals surface area contributed by atoms with Gasteiger partial charge in [-0.25, -0.2) is 16.8 Å². The average Bonchev–Trinajstić information content (AvgIpc) is 2.59. The summed E-state index contributed by atoms with van der Waals surface area (Å²) in [5.41, 5.74) is 0.265. The van der Waals surface area contributed by atoms with Crippen molar-refractivity contribution in [1.82, 2.24) is 0 Å². The third kappa shape index (κ3) is 4.76. The largest absolute Gasteiger partial charge is 0.293 e. The van der Waals surface area contributed by atoms with Gasteiger partial charge >= 0.3 is 0 Å². The highest BCUT2D eigenvalue weighted by Gasteiger charge is 2.36. The number of carbonyl (C=O) groups excluding carboxylic acids is 1. The second-order valence-electron chi connectivity index (χ2n) is 5.72. The van der Waals surface area contributed by atoms with Gasteiger partial charge in [0.15, 0.2) is 30.5 Å². The van der Waals surface area contributed by atoms with Crippen molar-refractivity contribution in [2.24, 2.45) is 0 Å². The zero-order valence-electron chi connectivity index (χ0n) is 13.8. The smallest absolute Gasteiger partial charge is 0.192 e. The van der Waals surface area contributed by atoms with Crippen LogP contribution in [-0.4, -0.2) is 33.0 Å². The number of Topliss-reactive ketones (excluding diaryl/α,β-unsaturated/α-hetero) is 1. The highest BCUT2D eigenvalue weighted by Crippen LogP contribution is 2.21. The molecule has 1 unspecified atom stereocenters. The molecule has 2 aromatic rings. The van der Waals surface area contributed by atoms with E-state index in [1.165, 1.54) is 36.4 Å². The number of sulfone groups is 2. The van der Waals surface area contributed by atoms with Crippen LogP contribution in [0.3, 0.4) is 0 Å². The van der Waals surface area contributed by atoms with Crippen LogP contribution in [0, 0.1) is 0 Å². The Bertz CT molecular complexity index is 918. The number of ketones is 1. The minimum Gasteiger partial charge on any atom is -0.293 e. The summed E-state index contributed by atoms with van der Waals surface area (Å²) >= 11 is 0. The van der Waals surface area contributed by atoms with E-state index in [0.29, 0.717) is 6.42 Å². The highest BCUT2D eigenvalue weighted by atomic mass is 32.3. The second-order valence-corrected chi connectivity index (χ2v) is 10.3. The van der Waals surface area contributed by atoms with Gasteiger partial charge in [-0.3, -0.25) is 4.79 Å². The Hall–Kier alpha value is -1.99. The van der Waals surface area contributed by atoms with Crippen LogP contribution in [0.1, 0.15) is 30.1 Å². The van der Waals surface area contributed by atoms with Gasteiger partial charge in [0.05, 0.1) is 4.90 Å². The van der Waals surface area contributed by atoms with E-state index in [9.17, 15) is 21.6 Å². The molecule has 0 fully saturated rings. The van der Waals surface area contributed by atoms with Crippen LogP contribution in [0.15, 0.2) is 65.6 Å². The van der Waals surface area contributed by atoms with Crippen molar-refractivity contribution < 1.29 is 21.6 Å². The van der Waals surface area contributed by atoms with Crippen LogP contribution >= 0.6 is 0 Å². The van der Waals surface area contributed by atoms with Gasteiger partial charge in [-0.05, 0) is 18.6 Å². The van der Waals surface area contributed by atoms with Crippen molar-refractivity contribution in [3.05, 3.63) is 66.2 Å². The lowest BCUT2D eigenvalue weighted by Crippen LogP contribution is -2.34. The summed E-state index contributed by atoms with van der Waals surface area (Å²) in [6.07, 6.45) is 0.536. The van der Waals surface area contributed by atoms with Gasteiger partial charge in [-0.2, -0.15) is 0 Å². The maximum atomic E-state index is 12.7. The first-order chi connectivity index (χ1) is 11.8. The Kier molecular flexibility index (Phi) is 6.13. The van der Waals surface area contributed by atoms with E-state index in [4.69, 9.17) is 0 Å². The van der Waals surface area contributed by atoms with Crippen LogP contribution in [0.2, 0.25) is 0 Å². The Morgan fingerprint density at radius 2 is 1.40 bits per heavy atom. The lowest BCUT2D eigenvalue weighted by atomic mass is 10.1. The summed E-state index contributed by atoms with van der Waals surface area (Å²) in [5, 5.41) is -2.44. The summed E-state index contributed by atoms with van der Waals surface area (Å²) in [4.78, 5) is 12.6. The number of hydrogen-bond donors (Lipinski definition) is 0. The van der Waals surface area contributed by atoms with Crippen LogP contribution in [0.25, 0.3) is 0 Å². The molecule has 0 aliphatic heterocycles. The van der Waals surface area contributed by atoms with Gasteiger partial charge in [-0.15, -0.1) is 0 Å². The van der Waals surface area contributed by atoms with E-state index in [-0.39, 0.29) is 16.9 Å². The lowest BCUT2D eigenvalue weighted by Gasteiger charge is -2.16. The quantitative estimate of drug-likeness (QED) is 0.657. The molecule has 0 amide bonds. The Morgan fingerprint density at radius 3 is 1.92 bits per heavy atom. The first kappa shape index (κ1) is 19.3. The maximum absolute atomic E-state index is 12.7. The average molecular weight is 380 g/mol. The molecule has 2 aromatic carbocycles. The molecule has 5 nitrogen and oxygen atoms in total. The summed E-state index contributed by atoms with van der Waals surface area (Å²) < 4.78 is 50.3. The molecule has 0 saturated heterocycles. The fraction of sp³-hybridized carbons (Fsp3) is 0.278. The van der Waals surface area contributed by atoms with Crippen LogP contribution in [0.5, 0.6) is 0 Å². The molecule has 2 rings (SSSR count). The van der Waals surface area contributed by atoms with Crippen molar-refractivity contribution >= 4 is 25.5 Å². The third-order valence-electron chi connectivity index (χ3n) is 3.76. The van der Waals surface area contributed by atoms with Crippen molar-refractivity contribution in [1.29, 1.82) is 0 Å². The van der Waals surface area contributed by atoms with Gasteiger partial charge in [0.25, 0.3) is 0 Å². The molecule has 0 heterocycles. The van der Waals surface area contributed by atoms with E-state index in [1.807, 2.05) is 0 Å². The van der Waals surface area contributed by atoms with Crippen LogP contribution in [-0.2, 0) is 19.7 Å². The summed E-state index contributed by atoms with van der Waals surface area (Å²) in [6, 6.07) is 15.5. The maximum Gasteiger partial charge on any atom is 0.192 e. The van der Waals surface area contributed by atoms with E-state index in [0.717, 1.165) is 0 Å². The fourth-order valence-electron chi connectivity index (χ4n) is 2.52. The number of hydrogen-bond acceptors (Lipinski definition) is 5. The minimum absolute atomic E-state index is 0.0685. The molecule has 0 N–H and O–H groups in total. The molecule has 0 aliphatic carbocycles. The van der Waals surface area contributed by atoms with Crippen molar-refractivity contribution in [2.75, 3.05) is 5.08 Å². The van der Waals surface area contributed by atoms with Gasteiger partial charge < -0.3 is 0 Å². The summed E-state index contributed by atoms with van der Waals surface area (Å²) in [6.45, 7) is 1.76. The predicted octanol–water partition coefficient (Wildman–Crippen LogP) is 2.88. The molecule has 1 atom stereocenters. The first-order valence-electron chi connectivity index (χ1n) is 7.86. The molecule has 0 bridgehead atoms. The standard InChI is InChI=1S/C18H20O5S2/c1-2-9-17(18(19)15-10-5-3-6-11-15)25(22,23)14-24(20,21)16-12-7-4-8-13-16/h3-8,10-13,17H,2,9,14H2,1H3. The molecule has 0 spiro atoms. The van der Waals surface area contributed by atoms with Crippen molar-refractivity contribution in [3.63, 3.8) is 0 Å². The van der Waals surface area contributed by atoms with Crippen molar-refractivity contribution in [2.45, 2.75) is 29.9 Å². The van der Waals surface area contributed by atoms with E-state index in [2.05, 4.69) is 0 Å². The Balaban J connectivity index is 2.35. The third-order valence-corrected chi connectivity index (χ3v) is 8.62.